The first kappa shape index (κ1) is 31.6. The van der Waals surface area contributed by atoms with Crippen LogP contribution < -0.4 is 10.2 Å². The Morgan fingerprint density at radius 1 is 0.938 bits per heavy atom. The molecule has 4 aromatic rings. The van der Waals surface area contributed by atoms with Gasteiger partial charge >= 0.3 is 7.12 Å². The summed E-state index contributed by atoms with van der Waals surface area (Å²) in [5, 5.41) is 24.9. The molecule has 3 aliphatic rings. The maximum atomic E-state index is 14.2. The van der Waals surface area contributed by atoms with Gasteiger partial charge in [-0.05, 0) is 110 Å². The summed E-state index contributed by atoms with van der Waals surface area (Å²) in [4.78, 5) is 34.0. The highest BCUT2D eigenvalue weighted by atomic mass is 16.5. The highest BCUT2D eigenvalue weighted by Crippen LogP contribution is 2.52. The number of pyridine rings is 1. The van der Waals surface area contributed by atoms with Crippen LogP contribution in [0.3, 0.4) is 0 Å². The van der Waals surface area contributed by atoms with Crippen molar-refractivity contribution in [2.24, 2.45) is 17.8 Å². The highest BCUT2D eigenvalue weighted by molar-refractivity contribution is 6.43. The van der Waals surface area contributed by atoms with Crippen molar-refractivity contribution in [3.8, 4) is 5.75 Å². The third-order valence-corrected chi connectivity index (χ3v) is 9.86. The Hall–Kier alpha value is -4.99. The molecule has 2 amide bonds. The van der Waals surface area contributed by atoms with E-state index >= 15 is 0 Å². The lowest BCUT2D eigenvalue weighted by molar-refractivity contribution is -0.122. The molecule has 242 valence electrons. The smallest absolute Gasteiger partial charge is 0.455 e. The van der Waals surface area contributed by atoms with E-state index in [-0.39, 0.29) is 29.8 Å². The van der Waals surface area contributed by atoms with Gasteiger partial charge in [0.2, 0.25) is 11.8 Å². The summed E-state index contributed by atoms with van der Waals surface area (Å²) in [7, 11) is -1.05. The Kier molecular flexibility index (Phi) is 8.97. The second kappa shape index (κ2) is 13.6. The predicted molar refractivity (Wildman–Crippen MR) is 188 cm³/mol. The number of phenols is 1. The van der Waals surface area contributed by atoms with Crippen LogP contribution in [0.4, 0.5) is 17.1 Å². The summed E-state index contributed by atoms with van der Waals surface area (Å²) >= 11 is 0. The first-order valence-corrected chi connectivity index (χ1v) is 16.7. The van der Waals surface area contributed by atoms with Crippen LogP contribution in [0.5, 0.6) is 5.75 Å². The molecule has 7 rings (SSSR count). The van der Waals surface area contributed by atoms with Gasteiger partial charge in [-0.15, -0.1) is 0 Å². The number of amides is 2. The number of carbonyl (C=O) groups is 2. The van der Waals surface area contributed by atoms with Crippen LogP contribution in [0, 0.1) is 17.8 Å². The van der Waals surface area contributed by atoms with Crippen LogP contribution in [0.15, 0.2) is 114 Å². The lowest BCUT2D eigenvalue weighted by atomic mass is 9.58. The standard InChI is InChI=1S/C39H38BN3O5/c1-2-25-23-31-37(39(46)43(38(31)45)30-18-16-29(17-19-30)42-28-11-4-3-5-12-28)32-24-40(47)48-35(36(25)32)20-15-26(33-13-8-9-21-41-33)22-27-10-6-7-14-34(27)44/h3-14,16-19,21-22,31-32,35,37,42,44,47H,2,15,20,23-24H2,1H3/b26-22-/t31-,32+,35-,37-/m1/s1. The maximum absolute atomic E-state index is 14.2. The average Bonchev–Trinajstić information content (AvgIpc) is 3.36. The van der Waals surface area contributed by atoms with Crippen LogP contribution in [-0.2, 0) is 14.2 Å². The van der Waals surface area contributed by atoms with E-state index in [0.29, 0.717) is 30.5 Å². The largest absolute Gasteiger partial charge is 0.507 e. The minimum atomic E-state index is -1.05. The van der Waals surface area contributed by atoms with Crippen molar-refractivity contribution in [1.29, 1.82) is 0 Å². The Bertz CT molecular complexity index is 1860. The van der Waals surface area contributed by atoms with Crippen molar-refractivity contribution in [2.75, 3.05) is 10.2 Å². The van der Waals surface area contributed by atoms with Crippen molar-refractivity contribution in [3.63, 3.8) is 0 Å². The number of imide groups is 1. The molecule has 0 radical (unpaired) electrons. The molecule has 2 aliphatic heterocycles. The second-order valence-corrected chi connectivity index (χ2v) is 12.7. The number of hydrogen-bond acceptors (Lipinski definition) is 7. The Morgan fingerprint density at radius 3 is 2.40 bits per heavy atom. The molecule has 3 heterocycles. The van der Waals surface area contributed by atoms with Crippen LogP contribution in [-0.4, -0.2) is 40.2 Å². The monoisotopic (exact) mass is 639 g/mol. The van der Waals surface area contributed by atoms with E-state index in [1.165, 1.54) is 4.90 Å². The number of allylic oxidation sites excluding steroid dienone is 2. The summed E-state index contributed by atoms with van der Waals surface area (Å²) in [6, 6.07) is 30.1. The Balaban J connectivity index is 1.15. The van der Waals surface area contributed by atoms with Gasteiger partial charge < -0.3 is 20.1 Å². The number of para-hydroxylation sites is 2. The quantitative estimate of drug-likeness (QED) is 0.100. The number of nitrogens with zero attached hydrogens (tertiary/aromatic N) is 2. The molecular weight excluding hydrogens is 601 g/mol. The number of hydrogen-bond donors (Lipinski definition) is 3. The van der Waals surface area contributed by atoms with Crippen LogP contribution in [0.25, 0.3) is 11.6 Å². The number of anilines is 3. The minimum Gasteiger partial charge on any atom is -0.507 e. The van der Waals surface area contributed by atoms with Crippen molar-refractivity contribution in [1.82, 2.24) is 4.98 Å². The summed E-state index contributed by atoms with van der Waals surface area (Å²) < 4.78 is 6.22. The second-order valence-electron chi connectivity index (χ2n) is 12.7. The average molecular weight is 640 g/mol. The number of carbonyl (C=O) groups excluding carboxylic acids is 2. The fourth-order valence-electron chi connectivity index (χ4n) is 7.65. The summed E-state index contributed by atoms with van der Waals surface area (Å²) in [5.41, 5.74) is 6.95. The SMILES string of the molecule is CCC1=C2[C@@H](CC/C(=C/c3ccccc3O)c3ccccn3)OB(O)C[C@@H]2[C@@H]2C(=O)N(c3ccc(Nc4ccccc4)cc3)C(=O)[C@@H]2C1. The van der Waals surface area contributed by atoms with E-state index in [9.17, 15) is 19.7 Å². The van der Waals surface area contributed by atoms with Gasteiger partial charge in [0.15, 0.2) is 0 Å². The molecule has 3 aromatic carbocycles. The molecule has 0 bridgehead atoms. The van der Waals surface area contributed by atoms with Gasteiger partial charge in [0, 0.05) is 23.1 Å². The van der Waals surface area contributed by atoms with Gasteiger partial charge in [0.1, 0.15) is 5.75 Å². The van der Waals surface area contributed by atoms with Crippen molar-refractivity contribution >= 4 is 47.6 Å². The van der Waals surface area contributed by atoms with Crippen LogP contribution >= 0.6 is 0 Å². The molecule has 4 atom stereocenters. The fraction of sp³-hybridized carbons (Fsp3) is 0.256. The summed E-state index contributed by atoms with van der Waals surface area (Å²) in [6.45, 7) is 2.08. The lowest BCUT2D eigenvalue weighted by Gasteiger charge is -2.43. The zero-order valence-corrected chi connectivity index (χ0v) is 26.8. The van der Waals surface area contributed by atoms with Crippen LogP contribution in [0.2, 0.25) is 6.32 Å². The topological polar surface area (TPSA) is 112 Å². The number of phenolic OH excluding ortho intramolecular Hbond substituents is 1. The fourth-order valence-corrected chi connectivity index (χ4v) is 7.65. The number of fused-ring (bicyclic) bond motifs is 3. The molecule has 3 N–H and O–H groups in total. The highest BCUT2D eigenvalue weighted by Gasteiger charge is 2.57. The van der Waals surface area contributed by atoms with Gasteiger partial charge in [-0.1, -0.05) is 55.0 Å². The number of nitrogens with one attached hydrogen (secondary N) is 1. The minimum absolute atomic E-state index is 0.181. The van der Waals surface area contributed by atoms with Gasteiger partial charge in [-0.2, -0.15) is 0 Å². The van der Waals surface area contributed by atoms with Crippen molar-refractivity contribution < 1.29 is 24.4 Å². The molecule has 2 saturated heterocycles. The predicted octanol–water partition coefficient (Wildman–Crippen LogP) is 7.26. The van der Waals surface area contributed by atoms with E-state index < -0.39 is 25.1 Å². The summed E-state index contributed by atoms with van der Waals surface area (Å²) in [6.07, 6.45) is 5.86. The van der Waals surface area contributed by atoms with Gasteiger partial charge in [0.25, 0.3) is 0 Å². The van der Waals surface area contributed by atoms with Crippen LogP contribution in [0.1, 0.15) is 43.9 Å². The third-order valence-electron chi connectivity index (χ3n) is 9.86. The number of rotatable bonds is 9. The normalized spacial score (nSPS) is 22.5. The molecule has 2 fully saturated rings. The zero-order valence-electron chi connectivity index (χ0n) is 26.8. The first-order chi connectivity index (χ1) is 23.4. The Labute approximate surface area is 280 Å². The molecule has 0 unspecified atom stereocenters. The van der Waals surface area contributed by atoms with Gasteiger partial charge in [-0.25, -0.2) is 0 Å². The van der Waals surface area contributed by atoms with E-state index in [1.54, 1.807) is 18.3 Å². The maximum Gasteiger partial charge on any atom is 0.455 e. The Morgan fingerprint density at radius 2 is 1.67 bits per heavy atom. The molecule has 1 aliphatic carbocycles. The molecule has 0 spiro atoms. The third kappa shape index (κ3) is 6.19. The first-order valence-electron chi connectivity index (χ1n) is 16.7. The zero-order chi connectivity index (χ0) is 33.2. The molecular formula is C39H38BN3O5. The van der Waals surface area contributed by atoms with Gasteiger partial charge in [0.05, 0.1) is 29.3 Å². The number of aromatic hydroxyl groups is 1. The van der Waals surface area contributed by atoms with Crippen molar-refractivity contribution in [2.45, 2.75) is 45.0 Å². The number of benzene rings is 3. The lowest BCUT2D eigenvalue weighted by Crippen LogP contribution is -2.46. The van der Waals surface area contributed by atoms with E-state index in [0.717, 1.165) is 40.2 Å². The van der Waals surface area contributed by atoms with Gasteiger partial charge in [-0.3, -0.25) is 19.5 Å². The van der Waals surface area contributed by atoms with E-state index in [1.807, 2.05) is 91.0 Å². The number of aromatic nitrogens is 1. The molecule has 0 saturated carbocycles. The van der Waals surface area contributed by atoms with E-state index in [4.69, 9.17) is 4.65 Å². The van der Waals surface area contributed by atoms with Crippen molar-refractivity contribution in [3.05, 3.63) is 126 Å². The summed E-state index contributed by atoms with van der Waals surface area (Å²) in [5.74, 6) is -1.54. The van der Waals surface area contributed by atoms with E-state index in [2.05, 4.69) is 17.2 Å². The molecule has 48 heavy (non-hydrogen) atoms. The molecule has 8 nitrogen and oxygen atoms in total. The molecule has 1 aromatic heterocycles. The molecule has 9 heteroatoms.